The Balaban J connectivity index is 4.62. The number of halogens is 3. The Morgan fingerprint density at radius 1 is 1.32 bits per heavy atom. The number of nitrogens with two attached hydrogens (primary N) is 1. The lowest BCUT2D eigenvalue weighted by atomic mass is 9.91. The average Bonchev–Trinajstić information content (AvgIpc) is 2.30. The molecule has 0 saturated carbocycles. The van der Waals surface area contributed by atoms with Crippen LogP contribution in [-0.4, -0.2) is 49.8 Å². The van der Waals surface area contributed by atoms with Crippen LogP contribution in [0.25, 0.3) is 0 Å². The molecule has 19 heavy (non-hydrogen) atoms. The van der Waals surface area contributed by atoms with Crippen molar-refractivity contribution in [1.82, 2.24) is 4.90 Å². The molecule has 4 nitrogen and oxygen atoms in total. The molecule has 0 saturated heterocycles. The highest BCUT2D eigenvalue weighted by Crippen LogP contribution is 2.22. The fraction of sp³-hybridized carbons (Fsp3) is 0.917. The fourth-order valence-corrected chi connectivity index (χ4v) is 1.49. The van der Waals surface area contributed by atoms with Gasteiger partial charge in [-0.2, -0.15) is 13.2 Å². The van der Waals surface area contributed by atoms with E-state index in [1.54, 1.807) is 20.8 Å². The average molecular weight is 284 g/mol. The zero-order chi connectivity index (χ0) is 15.1. The summed E-state index contributed by atoms with van der Waals surface area (Å²) < 4.78 is 42.5. The van der Waals surface area contributed by atoms with Crippen molar-refractivity contribution in [3.05, 3.63) is 0 Å². The molecule has 0 spiro atoms. The van der Waals surface area contributed by atoms with Gasteiger partial charge >= 0.3 is 6.18 Å². The monoisotopic (exact) mass is 284 g/mol. The minimum absolute atomic E-state index is 0.00561. The van der Waals surface area contributed by atoms with Crippen LogP contribution in [-0.2, 0) is 9.53 Å². The van der Waals surface area contributed by atoms with E-state index in [1.165, 1.54) is 0 Å². The van der Waals surface area contributed by atoms with E-state index in [-0.39, 0.29) is 13.1 Å². The van der Waals surface area contributed by atoms with Crippen LogP contribution in [0.4, 0.5) is 13.2 Å². The van der Waals surface area contributed by atoms with Gasteiger partial charge in [0.1, 0.15) is 6.54 Å². The summed E-state index contributed by atoms with van der Waals surface area (Å²) in [5.74, 6) is -0.580. The summed E-state index contributed by atoms with van der Waals surface area (Å²) in [5, 5.41) is 0. The van der Waals surface area contributed by atoms with Gasteiger partial charge in [-0.3, -0.25) is 4.79 Å². The molecule has 7 heteroatoms. The molecule has 0 fully saturated rings. The SMILES string of the molecule is CCOCCCN(CC(F)(F)F)C(=O)C(C)(C)CN. The van der Waals surface area contributed by atoms with E-state index >= 15 is 0 Å². The number of rotatable bonds is 8. The molecule has 0 aromatic carbocycles. The van der Waals surface area contributed by atoms with Gasteiger partial charge in [0.25, 0.3) is 0 Å². The predicted molar refractivity (Wildman–Crippen MR) is 66.6 cm³/mol. The molecule has 0 aromatic heterocycles. The van der Waals surface area contributed by atoms with Crippen molar-refractivity contribution in [2.24, 2.45) is 11.1 Å². The highest BCUT2D eigenvalue weighted by atomic mass is 19.4. The summed E-state index contributed by atoms with van der Waals surface area (Å²) in [6.45, 7) is 4.50. The molecule has 0 aromatic rings. The Bertz CT molecular complexity index is 281. The van der Waals surface area contributed by atoms with Crippen molar-refractivity contribution < 1.29 is 22.7 Å². The van der Waals surface area contributed by atoms with Gasteiger partial charge in [-0.1, -0.05) is 0 Å². The summed E-state index contributed by atoms with van der Waals surface area (Å²) in [4.78, 5) is 12.9. The molecule has 1 amide bonds. The summed E-state index contributed by atoms with van der Waals surface area (Å²) >= 11 is 0. The molecule has 0 bridgehead atoms. The van der Waals surface area contributed by atoms with Gasteiger partial charge in [0.15, 0.2) is 0 Å². The molecule has 0 heterocycles. The number of nitrogens with zero attached hydrogens (tertiary/aromatic N) is 1. The first-order chi connectivity index (χ1) is 8.64. The molecule has 0 aliphatic rings. The molecule has 0 unspecified atom stereocenters. The molecule has 0 radical (unpaired) electrons. The number of carbonyl (C=O) groups is 1. The number of carbonyl (C=O) groups excluding carboxylic acids is 1. The normalized spacial score (nSPS) is 12.6. The Morgan fingerprint density at radius 3 is 2.32 bits per heavy atom. The second kappa shape index (κ2) is 7.69. The van der Waals surface area contributed by atoms with Crippen LogP contribution in [0.2, 0.25) is 0 Å². The molecule has 114 valence electrons. The van der Waals surface area contributed by atoms with Crippen LogP contribution >= 0.6 is 0 Å². The summed E-state index contributed by atoms with van der Waals surface area (Å²) in [6.07, 6.45) is -4.04. The van der Waals surface area contributed by atoms with Crippen LogP contribution in [0.15, 0.2) is 0 Å². The second-order valence-corrected chi connectivity index (χ2v) is 4.98. The molecular weight excluding hydrogens is 261 g/mol. The maximum absolute atomic E-state index is 12.5. The van der Waals surface area contributed by atoms with Gasteiger partial charge < -0.3 is 15.4 Å². The van der Waals surface area contributed by atoms with Gasteiger partial charge in [-0.25, -0.2) is 0 Å². The number of hydrogen-bond acceptors (Lipinski definition) is 3. The van der Waals surface area contributed by atoms with E-state index in [2.05, 4.69) is 0 Å². The van der Waals surface area contributed by atoms with E-state index in [4.69, 9.17) is 10.5 Å². The van der Waals surface area contributed by atoms with Crippen LogP contribution in [0.3, 0.4) is 0 Å². The first-order valence-corrected chi connectivity index (χ1v) is 6.28. The van der Waals surface area contributed by atoms with Crippen LogP contribution in [0.1, 0.15) is 27.2 Å². The Labute approximate surface area is 112 Å². The molecule has 0 rings (SSSR count). The second-order valence-electron chi connectivity index (χ2n) is 4.98. The Kier molecular flexibility index (Phi) is 7.36. The summed E-state index contributed by atoms with van der Waals surface area (Å²) in [6, 6.07) is 0. The summed E-state index contributed by atoms with van der Waals surface area (Å²) in [7, 11) is 0. The lowest BCUT2D eigenvalue weighted by Gasteiger charge is -2.31. The Hall–Kier alpha value is -0.820. The minimum Gasteiger partial charge on any atom is -0.382 e. The van der Waals surface area contributed by atoms with E-state index in [0.29, 0.717) is 19.6 Å². The van der Waals surface area contributed by atoms with Crippen LogP contribution in [0.5, 0.6) is 0 Å². The zero-order valence-electron chi connectivity index (χ0n) is 11.7. The van der Waals surface area contributed by atoms with Crippen LogP contribution < -0.4 is 5.73 Å². The molecule has 0 aliphatic carbocycles. The zero-order valence-corrected chi connectivity index (χ0v) is 11.7. The van der Waals surface area contributed by atoms with Gasteiger partial charge in [0.05, 0.1) is 5.41 Å². The largest absolute Gasteiger partial charge is 0.406 e. The first-order valence-electron chi connectivity index (χ1n) is 6.28. The third kappa shape index (κ3) is 7.37. The standard InChI is InChI=1S/C12H23F3N2O2/c1-4-19-7-5-6-17(9-12(13,14)15)10(18)11(2,3)8-16/h4-9,16H2,1-3H3. The Morgan fingerprint density at radius 2 is 1.89 bits per heavy atom. The quantitative estimate of drug-likeness (QED) is 0.691. The van der Waals surface area contributed by atoms with Crippen molar-refractivity contribution in [1.29, 1.82) is 0 Å². The third-order valence-corrected chi connectivity index (χ3v) is 2.67. The highest BCUT2D eigenvalue weighted by molar-refractivity contribution is 5.82. The van der Waals surface area contributed by atoms with E-state index in [0.717, 1.165) is 4.90 Å². The number of amides is 1. The van der Waals surface area contributed by atoms with Crippen molar-refractivity contribution in [2.45, 2.75) is 33.4 Å². The molecular formula is C12H23F3N2O2. The lowest BCUT2D eigenvalue weighted by Crippen LogP contribution is -2.48. The van der Waals surface area contributed by atoms with Gasteiger partial charge in [-0.05, 0) is 27.2 Å². The third-order valence-electron chi connectivity index (χ3n) is 2.67. The summed E-state index contributed by atoms with van der Waals surface area (Å²) in [5.41, 5.74) is 4.44. The topological polar surface area (TPSA) is 55.6 Å². The maximum atomic E-state index is 12.5. The van der Waals surface area contributed by atoms with Crippen molar-refractivity contribution in [3.8, 4) is 0 Å². The molecule has 2 N–H and O–H groups in total. The highest BCUT2D eigenvalue weighted by Gasteiger charge is 2.37. The minimum atomic E-state index is -4.41. The fourth-order valence-electron chi connectivity index (χ4n) is 1.49. The van der Waals surface area contributed by atoms with Crippen molar-refractivity contribution in [3.63, 3.8) is 0 Å². The molecule has 0 atom stereocenters. The molecule has 0 aliphatic heterocycles. The van der Waals surface area contributed by atoms with E-state index in [9.17, 15) is 18.0 Å². The number of alkyl halides is 3. The van der Waals surface area contributed by atoms with E-state index < -0.39 is 24.0 Å². The van der Waals surface area contributed by atoms with Crippen molar-refractivity contribution in [2.75, 3.05) is 32.8 Å². The number of ether oxygens (including phenoxy) is 1. The maximum Gasteiger partial charge on any atom is 0.406 e. The van der Waals surface area contributed by atoms with Gasteiger partial charge in [-0.15, -0.1) is 0 Å². The lowest BCUT2D eigenvalue weighted by molar-refractivity contribution is -0.166. The number of hydrogen-bond donors (Lipinski definition) is 1. The smallest absolute Gasteiger partial charge is 0.382 e. The van der Waals surface area contributed by atoms with Gasteiger partial charge in [0, 0.05) is 26.3 Å². The van der Waals surface area contributed by atoms with Crippen molar-refractivity contribution >= 4 is 5.91 Å². The first kappa shape index (κ1) is 18.2. The predicted octanol–water partition coefficient (Wildman–Crippen LogP) is 1.79. The van der Waals surface area contributed by atoms with Crippen LogP contribution in [0, 0.1) is 5.41 Å². The van der Waals surface area contributed by atoms with E-state index in [1.807, 2.05) is 0 Å². The van der Waals surface area contributed by atoms with Gasteiger partial charge in [0.2, 0.25) is 5.91 Å².